The van der Waals surface area contributed by atoms with Crippen LogP contribution in [0.2, 0.25) is 0 Å². The molecule has 0 unspecified atom stereocenters. The standard InChI is InChI=1S/C8H20N.C2H3N.CHNO/c1-5-9(6-2,7-3)8-4;1-2-3;2-1-3/h5-8H2,1-4H3;1H3;3H/q+1;;/p-1. The van der Waals surface area contributed by atoms with E-state index >= 15 is 0 Å². The van der Waals surface area contributed by atoms with Crippen molar-refractivity contribution in [3.63, 3.8) is 0 Å². The predicted molar refractivity (Wildman–Crippen MR) is 59.3 cm³/mol. The summed E-state index contributed by atoms with van der Waals surface area (Å²) in [5.41, 5.74) is 0. The number of nitriles is 2. The Morgan fingerprint density at radius 2 is 1.07 bits per heavy atom. The summed E-state index contributed by atoms with van der Waals surface area (Å²) in [6, 6.07) is 1.75. The minimum atomic E-state index is 0.500. The molecule has 0 N–H and O–H groups in total. The van der Waals surface area contributed by atoms with E-state index in [0.717, 1.165) is 0 Å². The van der Waals surface area contributed by atoms with Gasteiger partial charge in [-0.15, -0.1) is 0 Å². The van der Waals surface area contributed by atoms with Gasteiger partial charge in [0.15, 0.2) is 0 Å². The molecule has 88 valence electrons. The second-order valence-electron chi connectivity index (χ2n) is 2.92. The zero-order valence-electron chi connectivity index (χ0n) is 10.6. The summed E-state index contributed by atoms with van der Waals surface area (Å²) in [5, 5.41) is 22.3. The third-order valence-electron chi connectivity index (χ3n) is 2.68. The number of hydrogen-bond donors (Lipinski definition) is 0. The lowest BCUT2D eigenvalue weighted by Crippen LogP contribution is -2.47. The summed E-state index contributed by atoms with van der Waals surface area (Å²) < 4.78 is 1.28. The van der Waals surface area contributed by atoms with Crippen LogP contribution in [-0.4, -0.2) is 30.7 Å². The maximum absolute atomic E-state index is 8.24. The Balaban J connectivity index is -0.000000200. The molecule has 0 aromatic carbocycles. The Morgan fingerprint density at radius 1 is 0.933 bits per heavy atom. The van der Waals surface area contributed by atoms with Gasteiger partial charge in [-0.3, -0.25) is 0 Å². The van der Waals surface area contributed by atoms with Crippen molar-refractivity contribution in [1.29, 1.82) is 10.5 Å². The molecule has 0 bridgehead atoms. The van der Waals surface area contributed by atoms with Gasteiger partial charge in [-0.05, 0) is 27.7 Å². The van der Waals surface area contributed by atoms with E-state index in [2.05, 4.69) is 27.7 Å². The summed E-state index contributed by atoms with van der Waals surface area (Å²) in [6.07, 6.45) is 0.500. The third kappa shape index (κ3) is 12.7. The fourth-order valence-corrected chi connectivity index (χ4v) is 1.34. The Bertz CT molecular complexity index is 157. The van der Waals surface area contributed by atoms with Crippen LogP contribution in [0.25, 0.3) is 0 Å². The van der Waals surface area contributed by atoms with Crippen molar-refractivity contribution in [2.24, 2.45) is 0 Å². The van der Waals surface area contributed by atoms with Gasteiger partial charge >= 0.3 is 0 Å². The highest BCUT2D eigenvalue weighted by atomic mass is 16.2. The van der Waals surface area contributed by atoms with E-state index in [0.29, 0.717) is 6.26 Å². The average Bonchev–Trinajstić information content (AvgIpc) is 2.24. The van der Waals surface area contributed by atoms with Gasteiger partial charge in [0.05, 0.1) is 32.2 Å². The molecule has 0 saturated heterocycles. The molecule has 0 aliphatic heterocycles. The van der Waals surface area contributed by atoms with Crippen molar-refractivity contribution in [1.82, 2.24) is 0 Å². The maximum atomic E-state index is 8.24. The van der Waals surface area contributed by atoms with Crippen LogP contribution < -0.4 is 5.11 Å². The highest BCUT2D eigenvalue weighted by Gasteiger charge is 2.16. The van der Waals surface area contributed by atoms with Crippen molar-refractivity contribution in [2.45, 2.75) is 34.6 Å². The lowest BCUT2D eigenvalue weighted by Gasteiger charge is -2.34. The van der Waals surface area contributed by atoms with E-state index < -0.39 is 0 Å². The summed E-state index contributed by atoms with van der Waals surface area (Å²) >= 11 is 0. The minimum Gasteiger partial charge on any atom is -0.812 e. The molecule has 0 atom stereocenters. The molecule has 0 aliphatic rings. The van der Waals surface area contributed by atoms with E-state index in [1.165, 1.54) is 37.6 Å². The number of rotatable bonds is 4. The SMILES string of the molecule is CC#N.CC[N+](CC)(CC)CC.N#C[O-]. The van der Waals surface area contributed by atoms with Crippen LogP contribution in [0.5, 0.6) is 0 Å². The summed E-state index contributed by atoms with van der Waals surface area (Å²) in [5.74, 6) is 0. The molecule has 0 aromatic rings. The van der Waals surface area contributed by atoms with Gasteiger partial charge in [0.2, 0.25) is 0 Å². The Labute approximate surface area is 93.9 Å². The second kappa shape index (κ2) is 15.2. The second-order valence-corrected chi connectivity index (χ2v) is 2.92. The summed E-state index contributed by atoms with van der Waals surface area (Å²) in [4.78, 5) is 0. The molecule has 0 amide bonds. The van der Waals surface area contributed by atoms with Crippen LogP contribution in [0.1, 0.15) is 34.6 Å². The van der Waals surface area contributed by atoms with Crippen LogP contribution in [-0.2, 0) is 0 Å². The largest absolute Gasteiger partial charge is 0.812 e. The van der Waals surface area contributed by atoms with Crippen LogP contribution in [0.3, 0.4) is 0 Å². The zero-order chi connectivity index (χ0) is 12.7. The molecule has 0 radical (unpaired) electrons. The maximum Gasteiger partial charge on any atom is 0.0757 e. The minimum absolute atomic E-state index is 0.500. The Hall–Kier alpha value is -1.26. The summed E-state index contributed by atoms with van der Waals surface area (Å²) in [7, 11) is 0. The number of hydrogen-bond acceptors (Lipinski definition) is 3. The van der Waals surface area contributed by atoms with Crippen molar-refractivity contribution in [2.75, 3.05) is 26.2 Å². The molecular formula is C11H23N3O. The van der Waals surface area contributed by atoms with Crippen LogP contribution >= 0.6 is 0 Å². The predicted octanol–water partition coefficient (Wildman–Crippen LogP) is 1.24. The Kier molecular flexibility index (Phi) is 19.6. The van der Waals surface area contributed by atoms with Gasteiger partial charge < -0.3 is 9.59 Å². The summed E-state index contributed by atoms with van der Waals surface area (Å²) in [6.45, 7) is 15.7. The molecule has 0 heterocycles. The highest BCUT2D eigenvalue weighted by Crippen LogP contribution is 2.03. The zero-order valence-corrected chi connectivity index (χ0v) is 10.6. The molecular weight excluding hydrogens is 190 g/mol. The van der Waals surface area contributed by atoms with Gasteiger partial charge in [-0.1, -0.05) is 0 Å². The smallest absolute Gasteiger partial charge is 0.0757 e. The topological polar surface area (TPSA) is 70.6 Å². The Morgan fingerprint density at radius 3 is 1.07 bits per heavy atom. The number of nitrogens with zero attached hydrogens (tertiary/aromatic N) is 3. The van der Waals surface area contributed by atoms with Crippen molar-refractivity contribution in [3.8, 4) is 12.3 Å². The lowest BCUT2D eigenvalue weighted by atomic mass is 10.3. The average molecular weight is 213 g/mol. The molecule has 4 heteroatoms. The molecule has 0 fully saturated rings. The first-order valence-corrected chi connectivity index (χ1v) is 5.24. The molecule has 0 saturated carbocycles. The molecule has 0 aliphatic carbocycles. The molecule has 0 aromatic heterocycles. The fourth-order valence-electron chi connectivity index (χ4n) is 1.34. The van der Waals surface area contributed by atoms with Gasteiger partial charge in [0.1, 0.15) is 0 Å². The quantitative estimate of drug-likeness (QED) is 0.521. The molecule has 0 rings (SSSR count). The first-order valence-electron chi connectivity index (χ1n) is 5.24. The number of quaternary nitrogens is 1. The molecule has 0 spiro atoms. The van der Waals surface area contributed by atoms with E-state index in [1.54, 1.807) is 6.07 Å². The fraction of sp³-hybridized carbons (Fsp3) is 0.818. The van der Waals surface area contributed by atoms with Crippen molar-refractivity contribution >= 4 is 0 Å². The van der Waals surface area contributed by atoms with Crippen LogP contribution in [0.15, 0.2) is 0 Å². The lowest BCUT2D eigenvalue weighted by molar-refractivity contribution is -0.921. The van der Waals surface area contributed by atoms with Crippen LogP contribution in [0.4, 0.5) is 0 Å². The van der Waals surface area contributed by atoms with E-state index in [4.69, 9.17) is 15.6 Å². The van der Waals surface area contributed by atoms with Crippen molar-refractivity contribution in [3.05, 3.63) is 0 Å². The van der Waals surface area contributed by atoms with E-state index in [1.807, 2.05) is 0 Å². The van der Waals surface area contributed by atoms with E-state index in [9.17, 15) is 0 Å². The first kappa shape index (κ1) is 19.3. The monoisotopic (exact) mass is 213 g/mol. The van der Waals surface area contributed by atoms with Gasteiger partial charge in [-0.25, -0.2) is 5.26 Å². The van der Waals surface area contributed by atoms with Gasteiger partial charge in [0.25, 0.3) is 0 Å². The van der Waals surface area contributed by atoms with Gasteiger partial charge in [-0.2, -0.15) is 5.26 Å². The normalized spacial score (nSPS) is 8.20. The highest BCUT2D eigenvalue weighted by molar-refractivity contribution is 4.51. The molecule has 4 nitrogen and oxygen atoms in total. The van der Waals surface area contributed by atoms with Gasteiger partial charge in [0, 0.05) is 13.2 Å². The van der Waals surface area contributed by atoms with E-state index in [-0.39, 0.29) is 0 Å². The van der Waals surface area contributed by atoms with Crippen molar-refractivity contribution < 1.29 is 9.59 Å². The van der Waals surface area contributed by atoms with Crippen LogP contribution in [0, 0.1) is 22.8 Å². The molecule has 15 heavy (non-hydrogen) atoms. The first-order chi connectivity index (χ1) is 7.07. The third-order valence-corrected chi connectivity index (χ3v) is 2.68.